The van der Waals surface area contributed by atoms with Crippen LogP contribution in [0, 0.1) is 0 Å². The zero-order valence-electron chi connectivity index (χ0n) is 12.7. The van der Waals surface area contributed by atoms with Crippen molar-refractivity contribution >= 4 is 31.9 Å². The van der Waals surface area contributed by atoms with Gasteiger partial charge in [-0.2, -0.15) is 4.80 Å². The molecule has 0 spiro atoms. The molecule has 2 aromatic carbocycles. The van der Waals surface area contributed by atoms with Gasteiger partial charge in [0.15, 0.2) is 0 Å². The largest absolute Gasteiger partial charge is 0.419 e. The second kappa shape index (κ2) is 6.85. The first kappa shape index (κ1) is 16.1. The molecule has 0 aliphatic carbocycles. The molecule has 0 saturated heterocycles. The molecular formula is C16H10Br2N6O. The molecule has 0 fully saturated rings. The minimum absolute atomic E-state index is 0.251. The van der Waals surface area contributed by atoms with E-state index in [0.29, 0.717) is 17.6 Å². The van der Waals surface area contributed by atoms with Crippen LogP contribution in [0.15, 0.2) is 61.9 Å². The van der Waals surface area contributed by atoms with Crippen LogP contribution < -0.4 is 0 Å². The summed E-state index contributed by atoms with van der Waals surface area (Å²) in [5.41, 5.74) is 1.72. The molecule has 25 heavy (non-hydrogen) atoms. The van der Waals surface area contributed by atoms with E-state index in [0.717, 1.165) is 20.1 Å². The summed E-state index contributed by atoms with van der Waals surface area (Å²) in [6.07, 6.45) is 0. The third-order valence-electron chi connectivity index (χ3n) is 3.40. The molecule has 0 bridgehead atoms. The standard InChI is InChI=1S/C16H10Br2N6O/c17-11-7-5-10(6-8-11)15-20-23-24(22-15)9-14-19-21-16(25-14)12-3-1-2-4-13(12)18/h1-8H,9H2. The van der Waals surface area contributed by atoms with Gasteiger partial charge in [0.2, 0.25) is 17.6 Å². The van der Waals surface area contributed by atoms with Crippen molar-refractivity contribution in [1.82, 2.24) is 30.4 Å². The summed E-state index contributed by atoms with van der Waals surface area (Å²) >= 11 is 6.87. The molecule has 9 heteroatoms. The highest BCUT2D eigenvalue weighted by Gasteiger charge is 2.13. The second-order valence-electron chi connectivity index (χ2n) is 5.13. The highest BCUT2D eigenvalue weighted by Crippen LogP contribution is 2.26. The predicted octanol–water partition coefficient (Wildman–Crippen LogP) is 3.96. The van der Waals surface area contributed by atoms with E-state index in [2.05, 4.69) is 57.5 Å². The van der Waals surface area contributed by atoms with Crippen molar-refractivity contribution in [3.05, 3.63) is 63.4 Å². The molecule has 0 unspecified atom stereocenters. The van der Waals surface area contributed by atoms with Crippen LogP contribution in [0.3, 0.4) is 0 Å². The number of nitrogens with zero attached hydrogens (tertiary/aromatic N) is 6. The first-order valence-corrected chi connectivity index (χ1v) is 8.89. The third-order valence-corrected chi connectivity index (χ3v) is 4.62. The summed E-state index contributed by atoms with van der Waals surface area (Å²) in [5.74, 6) is 1.39. The van der Waals surface area contributed by atoms with Gasteiger partial charge in [-0.25, -0.2) is 0 Å². The third kappa shape index (κ3) is 3.52. The van der Waals surface area contributed by atoms with Crippen LogP contribution in [-0.4, -0.2) is 30.4 Å². The summed E-state index contributed by atoms with van der Waals surface area (Å²) in [7, 11) is 0. The molecule has 4 aromatic rings. The fourth-order valence-electron chi connectivity index (χ4n) is 2.21. The van der Waals surface area contributed by atoms with Crippen molar-refractivity contribution in [2.24, 2.45) is 0 Å². The van der Waals surface area contributed by atoms with Crippen molar-refractivity contribution in [3.8, 4) is 22.8 Å². The zero-order valence-corrected chi connectivity index (χ0v) is 15.8. The molecule has 2 heterocycles. The number of hydrogen-bond acceptors (Lipinski definition) is 6. The lowest BCUT2D eigenvalue weighted by Crippen LogP contribution is -2.04. The van der Waals surface area contributed by atoms with Gasteiger partial charge in [0.25, 0.3) is 0 Å². The molecule has 0 amide bonds. The van der Waals surface area contributed by atoms with E-state index in [-0.39, 0.29) is 6.54 Å². The van der Waals surface area contributed by atoms with E-state index in [1.54, 1.807) is 0 Å². The molecule has 0 aliphatic heterocycles. The summed E-state index contributed by atoms with van der Waals surface area (Å²) in [6, 6.07) is 15.4. The molecule has 0 radical (unpaired) electrons. The maximum atomic E-state index is 5.70. The van der Waals surface area contributed by atoms with Gasteiger partial charge in [-0.05, 0) is 57.5 Å². The number of hydrogen-bond donors (Lipinski definition) is 0. The average Bonchev–Trinajstić information content (AvgIpc) is 3.26. The van der Waals surface area contributed by atoms with Crippen molar-refractivity contribution < 1.29 is 4.42 Å². The van der Waals surface area contributed by atoms with E-state index in [1.165, 1.54) is 4.80 Å². The first-order valence-electron chi connectivity index (χ1n) is 7.30. The minimum atomic E-state index is 0.251. The van der Waals surface area contributed by atoms with Crippen LogP contribution >= 0.6 is 31.9 Å². The van der Waals surface area contributed by atoms with Gasteiger partial charge in [-0.1, -0.05) is 28.1 Å². The molecule has 7 nitrogen and oxygen atoms in total. The minimum Gasteiger partial charge on any atom is -0.419 e. The van der Waals surface area contributed by atoms with Gasteiger partial charge in [0, 0.05) is 14.5 Å². The average molecular weight is 462 g/mol. The summed E-state index contributed by atoms with van der Waals surface area (Å²) < 4.78 is 7.58. The molecule has 0 N–H and O–H groups in total. The summed E-state index contributed by atoms with van der Waals surface area (Å²) in [5, 5.41) is 20.6. The Morgan fingerprint density at radius 3 is 2.52 bits per heavy atom. The highest BCUT2D eigenvalue weighted by atomic mass is 79.9. The normalized spacial score (nSPS) is 11.0. The number of rotatable bonds is 4. The monoisotopic (exact) mass is 460 g/mol. The van der Waals surface area contributed by atoms with Crippen molar-refractivity contribution in [2.75, 3.05) is 0 Å². The van der Waals surface area contributed by atoms with Gasteiger partial charge in [0.05, 0.1) is 5.56 Å². The Morgan fingerprint density at radius 1 is 0.920 bits per heavy atom. The molecular weight excluding hydrogens is 452 g/mol. The van der Waals surface area contributed by atoms with E-state index < -0.39 is 0 Å². The lowest BCUT2D eigenvalue weighted by atomic mass is 10.2. The topological polar surface area (TPSA) is 82.5 Å². The number of halogens is 2. The van der Waals surface area contributed by atoms with Gasteiger partial charge < -0.3 is 4.42 Å². The van der Waals surface area contributed by atoms with E-state index in [4.69, 9.17) is 4.42 Å². The van der Waals surface area contributed by atoms with Crippen LogP contribution in [0.5, 0.6) is 0 Å². The van der Waals surface area contributed by atoms with Crippen LogP contribution in [0.2, 0.25) is 0 Å². The molecule has 0 saturated carbocycles. The first-order chi connectivity index (χ1) is 12.2. The SMILES string of the molecule is Brc1ccc(-c2nnn(Cc3nnc(-c4ccccc4Br)o3)n2)cc1. The maximum absolute atomic E-state index is 5.70. The Labute approximate surface area is 159 Å². The number of benzene rings is 2. The van der Waals surface area contributed by atoms with Crippen LogP contribution in [0.4, 0.5) is 0 Å². The number of aromatic nitrogens is 6. The number of tetrazole rings is 1. The maximum Gasteiger partial charge on any atom is 0.248 e. The van der Waals surface area contributed by atoms with E-state index in [9.17, 15) is 0 Å². The lowest BCUT2D eigenvalue weighted by Gasteiger charge is -1.97. The van der Waals surface area contributed by atoms with Crippen LogP contribution in [-0.2, 0) is 6.54 Å². The van der Waals surface area contributed by atoms with E-state index >= 15 is 0 Å². The summed E-state index contributed by atoms with van der Waals surface area (Å²) in [6.45, 7) is 0.251. The van der Waals surface area contributed by atoms with Crippen LogP contribution in [0.25, 0.3) is 22.8 Å². The molecule has 0 aliphatic rings. The van der Waals surface area contributed by atoms with Crippen molar-refractivity contribution in [3.63, 3.8) is 0 Å². The molecule has 2 aromatic heterocycles. The highest BCUT2D eigenvalue weighted by molar-refractivity contribution is 9.10. The van der Waals surface area contributed by atoms with Gasteiger partial charge in [-0.3, -0.25) is 0 Å². The zero-order chi connectivity index (χ0) is 17.2. The Bertz CT molecular complexity index is 1010. The predicted molar refractivity (Wildman–Crippen MR) is 97.5 cm³/mol. The fraction of sp³-hybridized carbons (Fsp3) is 0.0625. The Hall–Kier alpha value is -2.39. The second-order valence-corrected chi connectivity index (χ2v) is 6.90. The Morgan fingerprint density at radius 2 is 1.72 bits per heavy atom. The summed E-state index contributed by atoms with van der Waals surface area (Å²) in [4.78, 5) is 1.43. The van der Waals surface area contributed by atoms with Crippen molar-refractivity contribution in [2.45, 2.75) is 6.54 Å². The molecule has 0 atom stereocenters. The van der Waals surface area contributed by atoms with Gasteiger partial charge in [-0.15, -0.1) is 20.4 Å². The van der Waals surface area contributed by atoms with Crippen molar-refractivity contribution in [1.29, 1.82) is 0 Å². The smallest absolute Gasteiger partial charge is 0.248 e. The Balaban J connectivity index is 1.54. The van der Waals surface area contributed by atoms with Gasteiger partial charge >= 0.3 is 0 Å². The Kier molecular flexibility index (Phi) is 4.41. The fourth-order valence-corrected chi connectivity index (χ4v) is 2.93. The quantitative estimate of drug-likeness (QED) is 0.457. The molecule has 124 valence electrons. The van der Waals surface area contributed by atoms with E-state index in [1.807, 2.05) is 48.5 Å². The van der Waals surface area contributed by atoms with Gasteiger partial charge in [0.1, 0.15) is 6.54 Å². The van der Waals surface area contributed by atoms with Crippen LogP contribution in [0.1, 0.15) is 5.89 Å². The lowest BCUT2D eigenvalue weighted by molar-refractivity contribution is 0.446. The molecule has 4 rings (SSSR count).